The summed E-state index contributed by atoms with van der Waals surface area (Å²) in [6.45, 7) is 10.7. The second-order valence-electron chi connectivity index (χ2n) is 8.53. The number of hydrogen-bond donors (Lipinski definition) is 3. The van der Waals surface area contributed by atoms with Gasteiger partial charge in [0.15, 0.2) is 0 Å². The van der Waals surface area contributed by atoms with Gasteiger partial charge in [-0.25, -0.2) is 0 Å². The van der Waals surface area contributed by atoms with E-state index < -0.39 is 11.7 Å². The van der Waals surface area contributed by atoms with Gasteiger partial charge in [0.2, 0.25) is 0 Å². The Bertz CT molecular complexity index is 593. The van der Waals surface area contributed by atoms with Crippen molar-refractivity contribution in [2.75, 3.05) is 25.0 Å². The topological polar surface area (TPSA) is 50.1 Å². The van der Waals surface area contributed by atoms with Crippen molar-refractivity contribution in [3.63, 3.8) is 0 Å². The van der Waals surface area contributed by atoms with Crippen LogP contribution in [0.5, 0.6) is 0 Å². The number of anilines is 1. The van der Waals surface area contributed by atoms with Crippen molar-refractivity contribution in [1.29, 1.82) is 0 Å². The molecule has 0 bridgehead atoms. The molecule has 1 aliphatic heterocycles. The molecule has 0 aromatic heterocycles. The van der Waals surface area contributed by atoms with Crippen LogP contribution in [0.2, 0.25) is 0 Å². The Kier molecular flexibility index (Phi) is 6.61. The van der Waals surface area contributed by atoms with Crippen molar-refractivity contribution in [1.82, 2.24) is 5.32 Å². The maximum atomic E-state index is 13.0. The van der Waals surface area contributed by atoms with Crippen LogP contribution in [0.3, 0.4) is 0 Å². The van der Waals surface area contributed by atoms with E-state index in [-0.39, 0.29) is 11.5 Å². The van der Waals surface area contributed by atoms with E-state index in [0.717, 1.165) is 49.8 Å². The van der Waals surface area contributed by atoms with Gasteiger partial charge in [0.25, 0.3) is 0 Å². The summed E-state index contributed by atoms with van der Waals surface area (Å²) < 4.78 is 39.0. The smallest absolute Gasteiger partial charge is 0.385 e. The van der Waals surface area contributed by atoms with Gasteiger partial charge in [-0.3, -0.25) is 0 Å². The highest BCUT2D eigenvalue weighted by Crippen LogP contribution is 2.40. The lowest BCUT2D eigenvalue weighted by molar-refractivity contribution is -0.137. The molecule has 26 heavy (non-hydrogen) atoms. The van der Waals surface area contributed by atoms with Crippen molar-refractivity contribution in [3.05, 3.63) is 29.3 Å². The van der Waals surface area contributed by atoms with Crippen molar-refractivity contribution in [2.24, 2.45) is 17.6 Å². The molecule has 1 heterocycles. The summed E-state index contributed by atoms with van der Waals surface area (Å²) in [7, 11) is 0. The number of alkyl halides is 3. The molecule has 6 heteroatoms. The Labute approximate surface area is 154 Å². The number of nitrogens with one attached hydrogen (secondary N) is 2. The lowest BCUT2D eigenvalue weighted by atomic mass is 9.79. The third kappa shape index (κ3) is 5.88. The predicted octanol–water partition coefficient (Wildman–Crippen LogP) is 4.59. The summed E-state index contributed by atoms with van der Waals surface area (Å²) >= 11 is 0. The summed E-state index contributed by atoms with van der Waals surface area (Å²) in [6.07, 6.45) is -2.25. The Balaban J connectivity index is 1.91. The summed E-state index contributed by atoms with van der Waals surface area (Å²) in [5.74, 6) is 0.975. The zero-order chi connectivity index (χ0) is 19.5. The minimum atomic E-state index is -4.29. The molecule has 148 valence electrons. The molecule has 0 aliphatic carbocycles. The predicted molar refractivity (Wildman–Crippen MR) is 101 cm³/mol. The molecule has 1 aromatic rings. The molecular weight excluding hydrogens is 339 g/mol. The van der Waals surface area contributed by atoms with Gasteiger partial charge in [0, 0.05) is 24.3 Å². The third-order valence-corrected chi connectivity index (χ3v) is 5.23. The summed E-state index contributed by atoms with van der Waals surface area (Å²) in [6, 6.07) is 4.03. The van der Waals surface area contributed by atoms with E-state index in [0.29, 0.717) is 11.8 Å². The second kappa shape index (κ2) is 8.17. The van der Waals surface area contributed by atoms with Gasteiger partial charge in [0.1, 0.15) is 0 Å². The van der Waals surface area contributed by atoms with Crippen LogP contribution >= 0.6 is 0 Å². The van der Waals surface area contributed by atoms with Crippen LogP contribution in [0, 0.1) is 11.8 Å². The number of halogens is 3. The maximum Gasteiger partial charge on any atom is 0.416 e. The molecule has 1 aromatic carbocycles. The number of fused-ring (bicyclic) bond motifs is 1. The average molecular weight is 371 g/mol. The monoisotopic (exact) mass is 371 g/mol. The Morgan fingerprint density at radius 2 is 2.00 bits per heavy atom. The molecule has 2 rings (SSSR count). The van der Waals surface area contributed by atoms with E-state index in [1.165, 1.54) is 6.07 Å². The molecule has 0 saturated heterocycles. The Morgan fingerprint density at radius 3 is 2.62 bits per heavy atom. The lowest BCUT2D eigenvalue weighted by Gasteiger charge is -2.33. The average Bonchev–Trinajstić information content (AvgIpc) is 2.52. The van der Waals surface area contributed by atoms with E-state index in [4.69, 9.17) is 5.73 Å². The highest BCUT2D eigenvalue weighted by Gasteiger charge is 2.33. The first kappa shape index (κ1) is 21.0. The van der Waals surface area contributed by atoms with Crippen LogP contribution < -0.4 is 16.4 Å². The van der Waals surface area contributed by atoms with E-state index in [2.05, 4.69) is 17.6 Å². The second-order valence-corrected chi connectivity index (χ2v) is 8.53. The van der Waals surface area contributed by atoms with Gasteiger partial charge < -0.3 is 16.4 Å². The molecule has 4 N–H and O–H groups in total. The standard InChI is InChI=1S/C20H32F3N3/c1-13(10-25-12-19(3,4)24)5-6-15-11-26-18-8-7-16(20(21,22)23)9-17(18)14(15)2/h7-9,13-15,25-26H,5-6,10-12,24H2,1-4H3. The minimum Gasteiger partial charge on any atom is -0.385 e. The van der Waals surface area contributed by atoms with Gasteiger partial charge in [-0.1, -0.05) is 13.8 Å². The first-order valence-corrected chi connectivity index (χ1v) is 9.42. The molecule has 0 radical (unpaired) electrons. The van der Waals surface area contributed by atoms with E-state index in [1.54, 1.807) is 6.07 Å². The summed E-state index contributed by atoms with van der Waals surface area (Å²) in [5.41, 5.74) is 6.80. The van der Waals surface area contributed by atoms with Crippen molar-refractivity contribution in [3.8, 4) is 0 Å². The van der Waals surface area contributed by atoms with Gasteiger partial charge in [-0.2, -0.15) is 13.2 Å². The zero-order valence-corrected chi connectivity index (χ0v) is 16.2. The van der Waals surface area contributed by atoms with E-state index in [1.807, 2.05) is 20.8 Å². The lowest BCUT2D eigenvalue weighted by Crippen LogP contribution is -2.44. The molecule has 0 saturated carbocycles. The fourth-order valence-corrected chi connectivity index (χ4v) is 3.54. The molecule has 0 amide bonds. The highest BCUT2D eigenvalue weighted by molar-refractivity contribution is 5.56. The number of benzene rings is 1. The van der Waals surface area contributed by atoms with Crippen molar-refractivity contribution >= 4 is 5.69 Å². The van der Waals surface area contributed by atoms with Gasteiger partial charge >= 0.3 is 6.18 Å². The number of nitrogens with two attached hydrogens (primary N) is 1. The van der Waals surface area contributed by atoms with Crippen molar-refractivity contribution in [2.45, 2.75) is 58.2 Å². The van der Waals surface area contributed by atoms with Gasteiger partial charge in [-0.05, 0) is 74.8 Å². The molecular formula is C20H32F3N3. The molecule has 0 spiro atoms. The molecule has 3 unspecified atom stereocenters. The fourth-order valence-electron chi connectivity index (χ4n) is 3.54. The Hall–Kier alpha value is -1.27. The number of hydrogen-bond acceptors (Lipinski definition) is 3. The molecule has 3 atom stereocenters. The fraction of sp³-hybridized carbons (Fsp3) is 0.700. The molecule has 1 aliphatic rings. The van der Waals surface area contributed by atoms with Gasteiger partial charge in [0.05, 0.1) is 5.56 Å². The van der Waals surface area contributed by atoms with Crippen LogP contribution in [0.25, 0.3) is 0 Å². The van der Waals surface area contributed by atoms with Gasteiger partial charge in [-0.15, -0.1) is 0 Å². The zero-order valence-electron chi connectivity index (χ0n) is 16.2. The summed E-state index contributed by atoms with van der Waals surface area (Å²) in [4.78, 5) is 0. The van der Waals surface area contributed by atoms with E-state index >= 15 is 0 Å². The normalized spacial score (nSPS) is 21.8. The largest absolute Gasteiger partial charge is 0.416 e. The summed E-state index contributed by atoms with van der Waals surface area (Å²) in [5, 5.41) is 6.71. The number of rotatable bonds is 7. The Morgan fingerprint density at radius 1 is 1.31 bits per heavy atom. The molecule has 3 nitrogen and oxygen atoms in total. The van der Waals surface area contributed by atoms with Crippen LogP contribution in [0.4, 0.5) is 18.9 Å². The van der Waals surface area contributed by atoms with Crippen LogP contribution in [-0.2, 0) is 6.18 Å². The maximum absolute atomic E-state index is 13.0. The molecule has 0 fully saturated rings. The quantitative estimate of drug-likeness (QED) is 0.657. The van der Waals surface area contributed by atoms with Crippen LogP contribution in [0.1, 0.15) is 57.6 Å². The minimum absolute atomic E-state index is 0.122. The SMILES string of the molecule is CC(CCC1CNc2ccc(C(F)(F)F)cc2C1C)CNCC(C)(C)N. The highest BCUT2D eigenvalue weighted by atomic mass is 19.4. The third-order valence-electron chi connectivity index (χ3n) is 5.23. The van der Waals surface area contributed by atoms with Crippen LogP contribution in [0.15, 0.2) is 18.2 Å². The van der Waals surface area contributed by atoms with Crippen LogP contribution in [-0.4, -0.2) is 25.2 Å². The van der Waals surface area contributed by atoms with E-state index in [9.17, 15) is 13.2 Å². The first-order valence-electron chi connectivity index (χ1n) is 9.42. The first-order chi connectivity index (χ1) is 12.0. The van der Waals surface area contributed by atoms with Crippen molar-refractivity contribution < 1.29 is 13.2 Å².